The molecule has 0 spiro atoms. The summed E-state index contributed by atoms with van der Waals surface area (Å²) in [4.78, 5) is 19.2. The molecule has 14 heteroatoms. The Labute approximate surface area is 246 Å². The molecule has 1 unspecified atom stereocenters. The Balaban J connectivity index is 1.72. The SMILES string of the molecule is CCOC(=O)C1=C(C)N(c2cccc(C(F)(F)F)c2)c2nc(Nc3cccc(C(F)(F)F)c3)nn2C1c1ccc(C#N)cc1. The molecule has 0 radical (unpaired) electrons. The normalized spacial score (nSPS) is 15.1. The molecule has 1 aromatic heterocycles. The number of hydrogen-bond donors (Lipinski definition) is 1. The van der Waals surface area contributed by atoms with E-state index in [1.807, 2.05) is 6.07 Å². The Hall–Kier alpha value is -5.32. The number of allylic oxidation sites excluding steroid dienone is 1. The molecule has 0 saturated carbocycles. The van der Waals surface area contributed by atoms with Crippen LogP contribution in [0.3, 0.4) is 0 Å². The topological polar surface area (TPSA) is 96.1 Å². The highest BCUT2D eigenvalue weighted by molar-refractivity contribution is 5.93. The molecule has 1 N–H and O–H groups in total. The van der Waals surface area contributed by atoms with E-state index in [2.05, 4.69) is 15.4 Å². The first-order valence-electron chi connectivity index (χ1n) is 13.1. The Morgan fingerprint density at radius 3 is 2.23 bits per heavy atom. The van der Waals surface area contributed by atoms with E-state index in [1.165, 1.54) is 52.9 Å². The molecule has 0 saturated heterocycles. The molecular weight excluding hydrogens is 590 g/mol. The molecule has 5 rings (SSSR count). The van der Waals surface area contributed by atoms with Gasteiger partial charge in [0.1, 0.15) is 6.04 Å². The van der Waals surface area contributed by atoms with Crippen LogP contribution in [0.1, 0.15) is 42.1 Å². The summed E-state index contributed by atoms with van der Waals surface area (Å²) >= 11 is 0. The molecule has 0 bridgehead atoms. The van der Waals surface area contributed by atoms with Gasteiger partial charge in [-0.2, -0.15) is 36.6 Å². The van der Waals surface area contributed by atoms with Crippen molar-refractivity contribution < 1.29 is 35.9 Å². The van der Waals surface area contributed by atoms with Crippen LogP contribution < -0.4 is 10.2 Å². The van der Waals surface area contributed by atoms with Gasteiger partial charge in [0.05, 0.1) is 34.9 Å². The predicted molar refractivity (Wildman–Crippen MR) is 147 cm³/mol. The van der Waals surface area contributed by atoms with Gasteiger partial charge >= 0.3 is 18.3 Å². The van der Waals surface area contributed by atoms with Gasteiger partial charge in [0.2, 0.25) is 11.9 Å². The summed E-state index contributed by atoms with van der Waals surface area (Å²) in [7, 11) is 0. The lowest BCUT2D eigenvalue weighted by Gasteiger charge is -2.35. The average Bonchev–Trinajstić information content (AvgIpc) is 3.38. The lowest BCUT2D eigenvalue weighted by atomic mass is 9.94. The second-order valence-corrected chi connectivity index (χ2v) is 9.62. The van der Waals surface area contributed by atoms with E-state index in [0.29, 0.717) is 11.1 Å². The molecule has 3 aromatic carbocycles. The maximum Gasteiger partial charge on any atom is 0.416 e. The summed E-state index contributed by atoms with van der Waals surface area (Å²) in [6.07, 6.45) is -9.29. The first-order valence-corrected chi connectivity index (χ1v) is 13.1. The number of carbonyl (C=O) groups is 1. The van der Waals surface area contributed by atoms with E-state index in [0.717, 1.165) is 24.3 Å². The number of alkyl halides is 6. The maximum atomic E-state index is 13.7. The van der Waals surface area contributed by atoms with Gasteiger partial charge < -0.3 is 10.1 Å². The minimum Gasteiger partial charge on any atom is -0.463 e. The molecule has 1 atom stereocenters. The van der Waals surface area contributed by atoms with Crippen LogP contribution in [0.15, 0.2) is 84.1 Å². The van der Waals surface area contributed by atoms with Crippen molar-refractivity contribution in [3.05, 3.63) is 106 Å². The highest BCUT2D eigenvalue weighted by Gasteiger charge is 2.40. The second-order valence-electron chi connectivity index (χ2n) is 9.62. The molecule has 226 valence electrons. The van der Waals surface area contributed by atoms with Crippen molar-refractivity contribution in [2.75, 3.05) is 16.8 Å². The average molecular weight is 613 g/mol. The number of carbonyl (C=O) groups excluding carboxylic acids is 1. The number of halogens is 6. The summed E-state index contributed by atoms with van der Waals surface area (Å²) in [6, 6.07) is 15.9. The smallest absolute Gasteiger partial charge is 0.416 e. The molecule has 1 aliphatic rings. The second kappa shape index (κ2) is 11.4. The van der Waals surface area contributed by atoms with Gasteiger partial charge in [-0.1, -0.05) is 24.3 Å². The van der Waals surface area contributed by atoms with Crippen LogP contribution in [-0.2, 0) is 21.9 Å². The van der Waals surface area contributed by atoms with E-state index in [-0.39, 0.29) is 41.1 Å². The van der Waals surface area contributed by atoms with Gasteiger partial charge in [-0.25, -0.2) is 9.48 Å². The quantitative estimate of drug-likeness (QED) is 0.178. The van der Waals surface area contributed by atoms with Crippen molar-refractivity contribution in [3.8, 4) is 6.07 Å². The van der Waals surface area contributed by atoms with Crippen LogP contribution in [0.5, 0.6) is 0 Å². The summed E-state index contributed by atoms with van der Waals surface area (Å²) in [5, 5.41) is 16.5. The van der Waals surface area contributed by atoms with Crippen LogP contribution in [0.4, 0.5) is 49.6 Å². The molecule has 0 aliphatic carbocycles. The van der Waals surface area contributed by atoms with E-state index >= 15 is 0 Å². The standard InChI is InChI=1S/C30H22F6N6O2/c1-3-44-26(43)24-17(2)41(23-9-5-7-21(15-23)30(34,35)36)28-39-27(38-22-8-4-6-20(14-22)29(31,32)33)40-42(28)25(24)19-12-10-18(16-37)11-13-19/h4-15,25H,3H2,1-2H3,(H,38,40). The van der Waals surface area contributed by atoms with E-state index in [9.17, 15) is 36.4 Å². The van der Waals surface area contributed by atoms with E-state index in [1.54, 1.807) is 19.1 Å². The van der Waals surface area contributed by atoms with Crippen LogP contribution >= 0.6 is 0 Å². The number of aromatic nitrogens is 3. The molecule has 8 nitrogen and oxygen atoms in total. The first kappa shape index (κ1) is 30.1. The first-order chi connectivity index (χ1) is 20.8. The Bertz CT molecular complexity index is 1790. The summed E-state index contributed by atoms with van der Waals surface area (Å²) < 4.78 is 87.7. The van der Waals surface area contributed by atoms with Crippen molar-refractivity contribution in [1.82, 2.24) is 14.8 Å². The summed E-state index contributed by atoms with van der Waals surface area (Å²) in [5.74, 6) is -0.989. The molecule has 0 amide bonds. The largest absolute Gasteiger partial charge is 0.463 e. The van der Waals surface area contributed by atoms with Crippen LogP contribution in [0.2, 0.25) is 0 Å². The number of anilines is 4. The number of ether oxygens (including phenoxy) is 1. The zero-order valence-corrected chi connectivity index (χ0v) is 23.0. The highest BCUT2D eigenvalue weighted by atomic mass is 19.4. The van der Waals surface area contributed by atoms with Crippen molar-refractivity contribution in [1.29, 1.82) is 5.26 Å². The van der Waals surface area contributed by atoms with Gasteiger partial charge in [0.15, 0.2) is 0 Å². The fraction of sp³-hybridized carbons (Fsp3) is 0.200. The van der Waals surface area contributed by atoms with Crippen molar-refractivity contribution in [2.45, 2.75) is 32.2 Å². The van der Waals surface area contributed by atoms with Gasteiger partial charge in [-0.05, 0) is 67.9 Å². The van der Waals surface area contributed by atoms with Gasteiger partial charge in [0.25, 0.3) is 0 Å². The molecule has 1 aliphatic heterocycles. The van der Waals surface area contributed by atoms with Crippen molar-refractivity contribution >= 4 is 29.2 Å². The van der Waals surface area contributed by atoms with Crippen LogP contribution in [-0.4, -0.2) is 27.3 Å². The number of nitriles is 1. The predicted octanol–water partition coefficient (Wildman–Crippen LogP) is 7.51. The fourth-order valence-corrected chi connectivity index (χ4v) is 4.83. The number of esters is 1. The van der Waals surface area contributed by atoms with Crippen molar-refractivity contribution in [3.63, 3.8) is 0 Å². The molecule has 0 fully saturated rings. The third kappa shape index (κ3) is 5.81. The number of hydrogen-bond acceptors (Lipinski definition) is 7. The number of rotatable bonds is 6. The summed E-state index contributed by atoms with van der Waals surface area (Å²) in [6.45, 7) is 3.10. The third-order valence-corrected chi connectivity index (χ3v) is 6.79. The van der Waals surface area contributed by atoms with Crippen LogP contribution in [0.25, 0.3) is 0 Å². The zero-order valence-electron chi connectivity index (χ0n) is 23.0. The monoisotopic (exact) mass is 612 g/mol. The van der Waals surface area contributed by atoms with E-state index in [4.69, 9.17) is 4.74 Å². The van der Waals surface area contributed by atoms with Crippen LogP contribution in [0, 0.1) is 11.3 Å². The number of nitrogens with one attached hydrogen (secondary N) is 1. The minimum absolute atomic E-state index is 0.00129. The molecule has 44 heavy (non-hydrogen) atoms. The van der Waals surface area contributed by atoms with E-state index < -0.39 is 35.5 Å². The minimum atomic E-state index is -4.68. The lowest BCUT2D eigenvalue weighted by molar-refractivity contribution is -0.139. The lowest BCUT2D eigenvalue weighted by Crippen LogP contribution is -2.34. The molecule has 2 heterocycles. The van der Waals surface area contributed by atoms with Gasteiger partial charge in [-0.3, -0.25) is 4.90 Å². The number of fused-ring (bicyclic) bond motifs is 1. The van der Waals surface area contributed by atoms with Gasteiger partial charge in [0, 0.05) is 17.1 Å². The Morgan fingerprint density at radius 1 is 0.977 bits per heavy atom. The fourth-order valence-electron chi connectivity index (χ4n) is 4.83. The zero-order chi connectivity index (χ0) is 31.8. The number of nitrogens with zero attached hydrogens (tertiary/aromatic N) is 5. The number of benzene rings is 3. The Morgan fingerprint density at radius 2 is 1.61 bits per heavy atom. The third-order valence-electron chi connectivity index (χ3n) is 6.79. The van der Waals surface area contributed by atoms with Crippen molar-refractivity contribution in [2.24, 2.45) is 0 Å². The van der Waals surface area contributed by atoms with Gasteiger partial charge in [-0.15, -0.1) is 5.10 Å². The Kier molecular flexibility index (Phi) is 7.81. The highest BCUT2D eigenvalue weighted by Crippen LogP contribution is 2.44. The molecular formula is C30H22F6N6O2. The molecule has 4 aromatic rings. The maximum absolute atomic E-state index is 13.7. The summed E-state index contributed by atoms with van der Waals surface area (Å²) in [5.41, 5.74) is -0.876.